The number of carbonyl (C=O) groups is 2. The molecule has 2 aromatic rings. The van der Waals surface area contributed by atoms with Gasteiger partial charge in [0.05, 0.1) is 16.2 Å². The van der Waals surface area contributed by atoms with Gasteiger partial charge < -0.3 is 10.4 Å². The van der Waals surface area contributed by atoms with Gasteiger partial charge in [0.15, 0.2) is 0 Å². The van der Waals surface area contributed by atoms with Gasteiger partial charge in [0.1, 0.15) is 0 Å². The third-order valence-electron chi connectivity index (χ3n) is 3.60. The largest absolute Gasteiger partial charge is 0.477 e. The SMILES string of the molecule is CC(=C\c1ccccc1)/C=C(/SCC(=O)Nc1cccc(C(F)(F)F)c1)C(=O)O. The molecule has 0 heterocycles. The van der Waals surface area contributed by atoms with Crippen LogP contribution in [-0.4, -0.2) is 22.7 Å². The van der Waals surface area contributed by atoms with Crippen LogP contribution in [0, 0.1) is 0 Å². The molecule has 2 N–H and O–H groups in total. The van der Waals surface area contributed by atoms with Crippen molar-refractivity contribution < 1.29 is 27.9 Å². The Morgan fingerprint density at radius 1 is 1.10 bits per heavy atom. The number of benzene rings is 2. The van der Waals surface area contributed by atoms with Gasteiger partial charge in [0.25, 0.3) is 0 Å². The molecule has 1 amide bonds. The Labute approximate surface area is 170 Å². The van der Waals surface area contributed by atoms with Crippen LogP contribution < -0.4 is 5.32 Å². The van der Waals surface area contributed by atoms with E-state index in [1.807, 2.05) is 30.3 Å². The Morgan fingerprint density at radius 3 is 2.41 bits per heavy atom. The number of thioether (sulfide) groups is 1. The maximum absolute atomic E-state index is 12.7. The third-order valence-corrected chi connectivity index (χ3v) is 4.61. The number of aliphatic carboxylic acids is 1. The van der Waals surface area contributed by atoms with Gasteiger partial charge in [0.2, 0.25) is 5.91 Å². The van der Waals surface area contributed by atoms with Crippen molar-refractivity contribution in [3.05, 3.63) is 82.3 Å². The van der Waals surface area contributed by atoms with Gasteiger partial charge in [-0.25, -0.2) is 4.79 Å². The second-order valence-electron chi connectivity index (χ2n) is 6.03. The van der Waals surface area contributed by atoms with Crippen LogP contribution in [0.4, 0.5) is 18.9 Å². The fourth-order valence-corrected chi connectivity index (χ4v) is 3.09. The van der Waals surface area contributed by atoms with Gasteiger partial charge in [-0.3, -0.25) is 4.79 Å². The molecule has 0 saturated heterocycles. The minimum Gasteiger partial charge on any atom is -0.477 e. The van der Waals surface area contributed by atoms with E-state index in [9.17, 15) is 27.9 Å². The lowest BCUT2D eigenvalue weighted by atomic mass is 10.1. The second-order valence-corrected chi connectivity index (χ2v) is 7.05. The first-order valence-corrected chi connectivity index (χ1v) is 9.42. The fraction of sp³-hybridized carbons (Fsp3) is 0.143. The number of allylic oxidation sites excluding steroid dienone is 2. The van der Waals surface area contributed by atoms with Crippen LogP contribution in [-0.2, 0) is 15.8 Å². The Kier molecular flexibility index (Phi) is 7.67. The van der Waals surface area contributed by atoms with Gasteiger partial charge >= 0.3 is 12.1 Å². The van der Waals surface area contributed by atoms with Gasteiger partial charge in [-0.1, -0.05) is 42.5 Å². The lowest BCUT2D eigenvalue weighted by Crippen LogP contribution is -2.16. The number of amides is 1. The smallest absolute Gasteiger partial charge is 0.416 e. The Balaban J connectivity index is 2.02. The normalized spacial score (nSPS) is 12.6. The molecule has 0 aliphatic heterocycles. The van der Waals surface area contributed by atoms with E-state index in [2.05, 4.69) is 5.32 Å². The topological polar surface area (TPSA) is 66.4 Å². The van der Waals surface area contributed by atoms with Crippen molar-refractivity contribution in [3.63, 3.8) is 0 Å². The zero-order valence-electron chi connectivity index (χ0n) is 15.4. The van der Waals surface area contributed by atoms with E-state index < -0.39 is 23.6 Å². The summed E-state index contributed by atoms with van der Waals surface area (Å²) in [6.07, 6.45) is -1.28. The van der Waals surface area contributed by atoms with E-state index in [0.29, 0.717) is 5.57 Å². The Morgan fingerprint density at radius 2 is 1.79 bits per heavy atom. The van der Waals surface area contributed by atoms with Gasteiger partial charge in [-0.05, 0) is 42.3 Å². The summed E-state index contributed by atoms with van der Waals surface area (Å²) in [5.74, 6) is -2.05. The predicted octanol–water partition coefficient (Wildman–Crippen LogP) is 5.45. The van der Waals surface area contributed by atoms with Crippen LogP contribution in [0.2, 0.25) is 0 Å². The van der Waals surface area contributed by atoms with Crippen molar-refractivity contribution in [2.24, 2.45) is 0 Å². The number of halogens is 3. The minimum atomic E-state index is -4.52. The third kappa shape index (κ3) is 7.50. The lowest BCUT2D eigenvalue weighted by molar-refractivity contribution is -0.137. The van der Waals surface area contributed by atoms with Crippen molar-refractivity contribution in [2.45, 2.75) is 13.1 Å². The molecule has 0 aliphatic rings. The quantitative estimate of drug-likeness (QED) is 0.461. The van der Waals surface area contributed by atoms with Crippen LogP contribution in [0.1, 0.15) is 18.1 Å². The highest BCUT2D eigenvalue weighted by molar-refractivity contribution is 8.04. The van der Waals surface area contributed by atoms with Gasteiger partial charge in [-0.15, -0.1) is 11.8 Å². The molecule has 2 aromatic carbocycles. The van der Waals surface area contributed by atoms with E-state index in [-0.39, 0.29) is 16.3 Å². The molecule has 0 bridgehead atoms. The number of carbonyl (C=O) groups excluding carboxylic acids is 1. The maximum Gasteiger partial charge on any atom is 0.416 e. The number of rotatable bonds is 7. The number of hydrogen-bond acceptors (Lipinski definition) is 3. The van der Waals surface area contributed by atoms with Crippen LogP contribution in [0.15, 0.2) is 71.2 Å². The molecule has 8 heteroatoms. The van der Waals surface area contributed by atoms with Crippen molar-refractivity contribution in [1.29, 1.82) is 0 Å². The highest BCUT2D eigenvalue weighted by atomic mass is 32.2. The number of carboxylic acid groups (broad SMARTS) is 1. The molecule has 0 atom stereocenters. The molecule has 2 rings (SSSR count). The molecule has 0 radical (unpaired) electrons. The zero-order chi connectivity index (χ0) is 21.4. The summed E-state index contributed by atoms with van der Waals surface area (Å²) in [6, 6.07) is 13.6. The lowest BCUT2D eigenvalue weighted by Gasteiger charge is -2.10. The summed E-state index contributed by atoms with van der Waals surface area (Å²) in [6.45, 7) is 1.74. The summed E-state index contributed by atoms with van der Waals surface area (Å²) in [7, 11) is 0. The first kappa shape index (κ1) is 22.3. The monoisotopic (exact) mass is 421 g/mol. The maximum atomic E-state index is 12.7. The molecule has 29 heavy (non-hydrogen) atoms. The highest BCUT2D eigenvalue weighted by Gasteiger charge is 2.30. The summed E-state index contributed by atoms with van der Waals surface area (Å²) < 4.78 is 38.2. The predicted molar refractivity (Wildman–Crippen MR) is 108 cm³/mol. The van der Waals surface area contributed by atoms with E-state index in [1.165, 1.54) is 18.2 Å². The van der Waals surface area contributed by atoms with Crippen LogP contribution >= 0.6 is 11.8 Å². The van der Waals surface area contributed by atoms with Gasteiger partial charge in [-0.2, -0.15) is 13.2 Å². The van der Waals surface area contributed by atoms with Crippen molar-refractivity contribution >= 4 is 35.4 Å². The average molecular weight is 421 g/mol. The van der Waals surface area contributed by atoms with Gasteiger partial charge in [0, 0.05) is 5.69 Å². The molecule has 152 valence electrons. The summed E-state index contributed by atoms with van der Waals surface area (Å²) in [5.41, 5.74) is 0.694. The van der Waals surface area contributed by atoms with Crippen LogP contribution in [0.25, 0.3) is 6.08 Å². The molecule has 0 spiro atoms. The summed E-state index contributed by atoms with van der Waals surface area (Å²) >= 11 is 0.792. The minimum absolute atomic E-state index is 0.00793. The molecular weight excluding hydrogens is 403 g/mol. The fourth-order valence-electron chi connectivity index (χ4n) is 2.34. The molecule has 0 aromatic heterocycles. The second kappa shape index (κ2) is 9.97. The van der Waals surface area contributed by atoms with E-state index in [4.69, 9.17) is 0 Å². The molecule has 4 nitrogen and oxygen atoms in total. The van der Waals surface area contributed by atoms with Crippen molar-refractivity contribution in [2.75, 3.05) is 11.1 Å². The number of alkyl halides is 3. The highest BCUT2D eigenvalue weighted by Crippen LogP contribution is 2.30. The van der Waals surface area contributed by atoms with E-state index in [1.54, 1.807) is 13.0 Å². The van der Waals surface area contributed by atoms with Crippen LogP contribution in [0.3, 0.4) is 0 Å². The Bertz CT molecular complexity index is 938. The average Bonchev–Trinajstić information content (AvgIpc) is 2.65. The molecule has 0 aliphatic carbocycles. The zero-order valence-corrected chi connectivity index (χ0v) is 16.2. The number of hydrogen-bond donors (Lipinski definition) is 2. The number of nitrogens with one attached hydrogen (secondary N) is 1. The van der Waals surface area contributed by atoms with Crippen LogP contribution in [0.5, 0.6) is 0 Å². The Hall–Kier alpha value is -3.00. The molecule has 0 fully saturated rings. The van der Waals surface area contributed by atoms with E-state index >= 15 is 0 Å². The first-order chi connectivity index (χ1) is 13.6. The van der Waals surface area contributed by atoms with E-state index in [0.717, 1.165) is 29.5 Å². The standard InChI is InChI=1S/C21H18F3NO3S/c1-14(10-15-6-3-2-4-7-15)11-18(20(27)28)29-13-19(26)25-17-9-5-8-16(12-17)21(22,23)24/h2-12H,13H2,1H3,(H,25,26)(H,27,28)/b14-10+,18-11+. The van der Waals surface area contributed by atoms with Crippen molar-refractivity contribution in [1.82, 2.24) is 0 Å². The summed E-state index contributed by atoms with van der Waals surface area (Å²) in [5, 5.41) is 11.7. The number of carboxylic acids is 1. The summed E-state index contributed by atoms with van der Waals surface area (Å²) in [4.78, 5) is 23.4. The molecular formula is C21H18F3NO3S. The first-order valence-electron chi connectivity index (χ1n) is 8.43. The van der Waals surface area contributed by atoms with Crippen molar-refractivity contribution in [3.8, 4) is 0 Å². The molecule has 0 saturated carbocycles. The number of anilines is 1. The molecule has 0 unspecified atom stereocenters.